The van der Waals surface area contributed by atoms with E-state index < -0.39 is 11.0 Å². The van der Waals surface area contributed by atoms with Crippen LogP contribution >= 0.6 is 0 Å². The molecule has 1 aromatic rings. The maximum atomic E-state index is 12.7. The molecule has 3 N–H and O–H groups in total. The summed E-state index contributed by atoms with van der Waals surface area (Å²) in [4.78, 5) is 19.5. The zero-order valence-corrected chi connectivity index (χ0v) is 15.5. The van der Waals surface area contributed by atoms with Gasteiger partial charge in [0.1, 0.15) is 11.4 Å². The Morgan fingerprint density at radius 1 is 1.36 bits per heavy atom. The van der Waals surface area contributed by atoms with Gasteiger partial charge in [-0.15, -0.1) is 0 Å². The highest BCUT2D eigenvalue weighted by Gasteiger charge is 2.62. The molecule has 1 aliphatic heterocycles. The Balaban J connectivity index is 1.63. The van der Waals surface area contributed by atoms with Gasteiger partial charge in [0.25, 0.3) is 0 Å². The van der Waals surface area contributed by atoms with Crippen molar-refractivity contribution in [2.75, 3.05) is 29.9 Å². The number of carbonyl (C=O) groups is 1. The lowest BCUT2D eigenvalue weighted by Gasteiger charge is -2.57. The third kappa shape index (κ3) is 3.25. The van der Waals surface area contributed by atoms with E-state index in [0.29, 0.717) is 18.8 Å². The topological polar surface area (TPSA) is 80.5 Å². The number of hydrogen-bond donors (Lipinski definition) is 2. The number of amides is 1. The van der Waals surface area contributed by atoms with Crippen LogP contribution in [0.4, 0.5) is 11.5 Å². The van der Waals surface area contributed by atoms with Crippen molar-refractivity contribution in [3.63, 3.8) is 0 Å². The Hall–Kier alpha value is -1.66. The van der Waals surface area contributed by atoms with E-state index in [-0.39, 0.29) is 12.0 Å². The molecule has 1 aliphatic carbocycles. The zero-order valence-electron chi connectivity index (χ0n) is 15.5. The average molecular weight is 346 g/mol. The van der Waals surface area contributed by atoms with Crippen molar-refractivity contribution in [2.24, 2.45) is 11.1 Å². The summed E-state index contributed by atoms with van der Waals surface area (Å²) in [5, 5.41) is 2.88. The standard InChI is InChI=1S/C19H30N4O2/c1-4-25-15-12-19(20,18(15,2)3)17(24)22-16-9-8-14(13-21-16)23-10-6-5-7-11-23/h8-9,13,15H,4-7,10-12,20H2,1-3H3,(H,21,22,24). The minimum atomic E-state index is -0.930. The first-order chi connectivity index (χ1) is 11.9. The summed E-state index contributed by atoms with van der Waals surface area (Å²) in [5.74, 6) is 0.359. The number of piperidine rings is 1. The van der Waals surface area contributed by atoms with Gasteiger partial charge < -0.3 is 20.7 Å². The number of nitrogens with one attached hydrogen (secondary N) is 1. The molecular weight excluding hydrogens is 316 g/mol. The molecule has 0 aromatic carbocycles. The Morgan fingerprint density at radius 3 is 2.64 bits per heavy atom. The minimum absolute atomic E-state index is 0.0164. The highest BCUT2D eigenvalue weighted by atomic mass is 16.5. The van der Waals surface area contributed by atoms with E-state index in [4.69, 9.17) is 10.5 Å². The summed E-state index contributed by atoms with van der Waals surface area (Å²) in [6.07, 6.45) is 6.14. The van der Waals surface area contributed by atoms with Crippen molar-refractivity contribution in [3.05, 3.63) is 18.3 Å². The molecule has 25 heavy (non-hydrogen) atoms. The number of pyridine rings is 1. The maximum Gasteiger partial charge on any atom is 0.246 e. The van der Waals surface area contributed by atoms with Gasteiger partial charge in [-0.2, -0.15) is 0 Å². The summed E-state index contributed by atoms with van der Waals surface area (Å²) in [6.45, 7) is 8.72. The van der Waals surface area contributed by atoms with Gasteiger partial charge in [-0.05, 0) is 38.3 Å². The van der Waals surface area contributed by atoms with E-state index in [1.165, 1.54) is 19.3 Å². The van der Waals surface area contributed by atoms with Gasteiger partial charge in [0.15, 0.2) is 0 Å². The average Bonchev–Trinajstić information content (AvgIpc) is 2.62. The Labute approximate surface area is 150 Å². The molecule has 0 bridgehead atoms. The Kier molecular flexibility index (Phi) is 5.02. The SMILES string of the molecule is CCOC1CC(N)(C(=O)Nc2ccc(N3CCCCC3)cn2)C1(C)C. The number of aromatic nitrogens is 1. The van der Waals surface area contributed by atoms with Crippen LogP contribution in [0, 0.1) is 5.41 Å². The quantitative estimate of drug-likeness (QED) is 0.856. The molecule has 1 amide bonds. The smallest absolute Gasteiger partial charge is 0.246 e. The first-order valence-corrected chi connectivity index (χ1v) is 9.31. The molecular formula is C19H30N4O2. The predicted molar refractivity (Wildman–Crippen MR) is 99.7 cm³/mol. The lowest BCUT2D eigenvalue weighted by Crippen LogP contribution is -2.74. The van der Waals surface area contributed by atoms with Gasteiger partial charge in [-0.3, -0.25) is 4.79 Å². The molecule has 6 heteroatoms. The summed E-state index contributed by atoms with van der Waals surface area (Å²) in [7, 11) is 0. The van der Waals surface area contributed by atoms with Crippen molar-refractivity contribution in [3.8, 4) is 0 Å². The van der Waals surface area contributed by atoms with Crippen LogP contribution in [0.3, 0.4) is 0 Å². The molecule has 138 valence electrons. The first-order valence-electron chi connectivity index (χ1n) is 9.31. The number of nitrogens with zero attached hydrogens (tertiary/aromatic N) is 2. The Bertz CT molecular complexity index is 610. The van der Waals surface area contributed by atoms with E-state index in [1.807, 2.05) is 39.1 Å². The van der Waals surface area contributed by atoms with Crippen molar-refractivity contribution in [2.45, 2.75) is 58.1 Å². The largest absolute Gasteiger partial charge is 0.378 e. The van der Waals surface area contributed by atoms with Crippen LogP contribution in [-0.4, -0.2) is 42.2 Å². The fourth-order valence-corrected chi connectivity index (χ4v) is 3.85. The second-order valence-electron chi connectivity index (χ2n) is 7.74. The van der Waals surface area contributed by atoms with E-state index >= 15 is 0 Å². The predicted octanol–water partition coefficient (Wildman–Crippen LogP) is 2.54. The normalized spacial score (nSPS) is 28.3. The van der Waals surface area contributed by atoms with Gasteiger partial charge in [0.2, 0.25) is 5.91 Å². The maximum absolute atomic E-state index is 12.7. The summed E-state index contributed by atoms with van der Waals surface area (Å²) in [5.41, 5.74) is 6.19. The van der Waals surface area contributed by atoms with Crippen LogP contribution in [0.15, 0.2) is 18.3 Å². The first kappa shape index (κ1) is 18.1. The third-order valence-electron chi connectivity index (χ3n) is 5.95. The fourth-order valence-electron chi connectivity index (χ4n) is 3.85. The molecule has 3 rings (SSSR count). The van der Waals surface area contributed by atoms with E-state index in [2.05, 4.69) is 15.2 Å². The summed E-state index contributed by atoms with van der Waals surface area (Å²) < 4.78 is 5.69. The number of nitrogens with two attached hydrogens (primary N) is 1. The van der Waals surface area contributed by atoms with E-state index in [0.717, 1.165) is 18.8 Å². The fraction of sp³-hybridized carbons (Fsp3) is 0.684. The molecule has 2 unspecified atom stereocenters. The minimum Gasteiger partial charge on any atom is -0.378 e. The highest BCUT2D eigenvalue weighted by Crippen LogP contribution is 2.50. The van der Waals surface area contributed by atoms with Crippen molar-refractivity contribution in [1.29, 1.82) is 0 Å². The van der Waals surface area contributed by atoms with Gasteiger partial charge >= 0.3 is 0 Å². The molecule has 1 aromatic heterocycles. The van der Waals surface area contributed by atoms with Gasteiger partial charge in [-0.1, -0.05) is 13.8 Å². The second kappa shape index (κ2) is 6.92. The van der Waals surface area contributed by atoms with Gasteiger partial charge in [0.05, 0.1) is 18.0 Å². The van der Waals surface area contributed by atoms with E-state index in [9.17, 15) is 4.79 Å². The summed E-state index contributed by atoms with van der Waals surface area (Å²) in [6, 6.07) is 3.88. The van der Waals surface area contributed by atoms with Crippen LogP contribution in [0.25, 0.3) is 0 Å². The van der Waals surface area contributed by atoms with Crippen LogP contribution in [0.5, 0.6) is 0 Å². The molecule has 2 heterocycles. The van der Waals surface area contributed by atoms with Crippen molar-refractivity contribution < 1.29 is 9.53 Å². The third-order valence-corrected chi connectivity index (χ3v) is 5.95. The monoisotopic (exact) mass is 346 g/mol. The molecule has 2 aliphatic rings. The lowest BCUT2D eigenvalue weighted by atomic mass is 9.54. The molecule has 0 radical (unpaired) electrons. The second-order valence-corrected chi connectivity index (χ2v) is 7.74. The Morgan fingerprint density at radius 2 is 2.08 bits per heavy atom. The van der Waals surface area contributed by atoms with Crippen molar-refractivity contribution in [1.82, 2.24) is 4.98 Å². The zero-order chi connectivity index (χ0) is 18.1. The van der Waals surface area contributed by atoms with Crippen LogP contribution < -0.4 is 16.0 Å². The number of anilines is 2. The number of hydrogen-bond acceptors (Lipinski definition) is 5. The van der Waals surface area contributed by atoms with Gasteiger partial charge in [0, 0.05) is 31.5 Å². The molecule has 1 saturated carbocycles. The molecule has 2 fully saturated rings. The number of ether oxygens (including phenoxy) is 1. The molecule has 1 saturated heterocycles. The van der Waals surface area contributed by atoms with Crippen molar-refractivity contribution >= 4 is 17.4 Å². The van der Waals surface area contributed by atoms with E-state index in [1.54, 1.807) is 0 Å². The van der Waals surface area contributed by atoms with Crippen LogP contribution in [-0.2, 0) is 9.53 Å². The number of rotatable bonds is 5. The van der Waals surface area contributed by atoms with Crippen LogP contribution in [0.1, 0.15) is 46.5 Å². The molecule has 2 atom stereocenters. The number of carbonyl (C=O) groups excluding carboxylic acids is 1. The summed E-state index contributed by atoms with van der Waals surface area (Å²) >= 11 is 0. The molecule has 6 nitrogen and oxygen atoms in total. The van der Waals surface area contributed by atoms with Crippen LogP contribution in [0.2, 0.25) is 0 Å². The molecule has 0 spiro atoms. The van der Waals surface area contributed by atoms with Gasteiger partial charge in [-0.25, -0.2) is 4.98 Å². The lowest BCUT2D eigenvalue weighted by molar-refractivity contribution is -0.166. The highest BCUT2D eigenvalue weighted by molar-refractivity contribution is 5.99.